The smallest absolute Gasteiger partial charge is 0.188 e. The van der Waals surface area contributed by atoms with E-state index in [2.05, 4.69) is 28.2 Å². The second-order valence-electron chi connectivity index (χ2n) is 2.51. The summed E-state index contributed by atoms with van der Waals surface area (Å²) in [5, 5.41) is 3.03. The van der Waals surface area contributed by atoms with Gasteiger partial charge in [0.2, 0.25) is 0 Å². The molecule has 1 aromatic heterocycles. The van der Waals surface area contributed by atoms with Crippen molar-refractivity contribution in [2.45, 2.75) is 13.3 Å². The lowest BCUT2D eigenvalue weighted by Crippen LogP contribution is -2.05. The molecule has 68 valence electrons. The van der Waals surface area contributed by atoms with Crippen molar-refractivity contribution >= 4 is 27.3 Å². The number of halogens is 1. The maximum absolute atomic E-state index is 5.49. The van der Waals surface area contributed by atoms with Gasteiger partial charge >= 0.3 is 0 Å². The van der Waals surface area contributed by atoms with Crippen LogP contribution < -0.4 is 10.5 Å². The standard InChI is InChI=1S/C8H12BrNOS/c1-6-5-12-8(7(6)9)11-4-2-3-10/h5H,2-4,10H2,1H3. The Morgan fingerprint density at radius 2 is 2.42 bits per heavy atom. The van der Waals surface area contributed by atoms with E-state index in [1.54, 1.807) is 11.3 Å². The molecule has 0 fully saturated rings. The monoisotopic (exact) mass is 249 g/mol. The molecule has 0 spiro atoms. The van der Waals surface area contributed by atoms with Gasteiger partial charge in [0.05, 0.1) is 11.1 Å². The highest BCUT2D eigenvalue weighted by Crippen LogP contribution is 2.34. The summed E-state index contributed by atoms with van der Waals surface area (Å²) in [7, 11) is 0. The van der Waals surface area contributed by atoms with Gasteiger partial charge in [-0.1, -0.05) is 0 Å². The Bertz CT molecular complexity index is 249. The predicted molar refractivity (Wildman–Crippen MR) is 55.9 cm³/mol. The van der Waals surface area contributed by atoms with Crippen LogP contribution in [0.15, 0.2) is 9.85 Å². The molecule has 12 heavy (non-hydrogen) atoms. The van der Waals surface area contributed by atoms with Gasteiger partial charge in [-0.15, -0.1) is 11.3 Å². The third-order valence-corrected chi connectivity index (χ3v) is 3.71. The van der Waals surface area contributed by atoms with Crippen LogP contribution in [0.25, 0.3) is 0 Å². The first-order valence-corrected chi connectivity index (χ1v) is 5.49. The number of hydrogen-bond acceptors (Lipinski definition) is 3. The van der Waals surface area contributed by atoms with Gasteiger partial charge in [0.15, 0.2) is 5.06 Å². The summed E-state index contributed by atoms with van der Waals surface area (Å²) in [6, 6.07) is 0. The van der Waals surface area contributed by atoms with Crippen LogP contribution in [0, 0.1) is 6.92 Å². The SMILES string of the molecule is Cc1csc(OCCCN)c1Br. The van der Waals surface area contributed by atoms with Crippen LogP contribution in [0.5, 0.6) is 5.06 Å². The van der Waals surface area contributed by atoms with Gasteiger partial charge in [-0.2, -0.15) is 0 Å². The van der Waals surface area contributed by atoms with Gasteiger partial charge in [-0.3, -0.25) is 0 Å². The first-order chi connectivity index (χ1) is 5.75. The van der Waals surface area contributed by atoms with E-state index in [4.69, 9.17) is 10.5 Å². The molecule has 0 unspecified atom stereocenters. The van der Waals surface area contributed by atoms with Crippen LogP contribution in [0.3, 0.4) is 0 Å². The minimum absolute atomic E-state index is 0.683. The molecule has 0 aliphatic carbocycles. The molecule has 0 saturated carbocycles. The van der Waals surface area contributed by atoms with Crippen LogP contribution in [0.1, 0.15) is 12.0 Å². The zero-order valence-corrected chi connectivity index (χ0v) is 9.37. The zero-order valence-electron chi connectivity index (χ0n) is 6.97. The van der Waals surface area contributed by atoms with Crippen molar-refractivity contribution in [3.63, 3.8) is 0 Å². The number of nitrogens with two attached hydrogens (primary N) is 1. The van der Waals surface area contributed by atoms with E-state index in [0.29, 0.717) is 13.2 Å². The van der Waals surface area contributed by atoms with Gasteiger partial charge in [0.25, 0.3) is 0 Å². The molecule has 1 aromatic rings. The van der Waals surface area contributed by atoms with Crippen molar-refractivity contribution in [3.8, 4) is 5.06 Å². The lowest BCUT2D eigenvalue weighted by atomic mass is 10.4. The van der Waals surface area contributed by atoms with Crippen molar-refractivity contribution in [2.75, 3.05) is 13.2 Å². The molecule has 0 aromatic carbocycles. The van der Waals surface area contributed by atoms with E-state index < -0.39 is 0 Å². The summed E-state index contributed by atoms with van der Waals surface area (Å²) in [5.74, 6) is 0. The van der Waals surface area contributed by atoms with E-state index >= 15 is 0 Å². The fourth-order valence-electron chi connectivity index (χ4n) is 0.752. The van der Waals surface area contributed by atoms with E-state index in [1.165, 1.54) is 5.56 Å². The Labute approximate surface area is 84.9 Å². The number of rotatable bonds is 4. The molecular weight excluding hydrogens is 238 g/mol. The molecule has 0 amide bonds. The average Bonchev–Trinajstić information content (AvgIpc) is 2.36. The highest BCUT2D eigenvalue weighted by molar-refractivity contribution is 9.10. The Balaban J connectivity index is 2.46. The van der Waals surface area contributed by atoms with Crippen molar-refractivity contribution < 1.29 is 4.74 Å². The number of ether oxygens (including phenoxy) is 1. The lowest BCUT2D eigenvalue weighted by molar-refractivity contribution is 0.320. The Morgan fingerprint density at radius 3 is 2.92 bits per heavy atom. The summed E-state index contributed by atoms with van der Waals surface area (Å²) in [4.78, 5) is 0. The normalized spacial score (nSPS) is 10.2. The highest BCUT2D eigenvalue weighted by Gasteiger charge is 2.05. The maximum Gasteiger partial charge on any atom is 0.188 e. The molecular formula is C8H12BrNOS. The van der Waals surface area contributed by atoms with Crippen LogP contribution >= 0.6 is 27.3 Å². The van der Waals surface area contributed by atoms with Gasteiger partial charge in [0.1, 0.15) is 0 Å². The largest absolute Gasteiger partial charge is 0.483 e. The summed E-state index contributed by atoms with van der Waals surface area (Å²) in [6.45, 7) is 3.44. The molecule has 1 rings (SSSR count). The van der Waals surface area contributed by atoms with Gasteiger partial charge in [-0.25, -0.2) is 0 Å². The predicted octanol–water partition coefficient (Wildman–Crippen LogP) is 2.55. The Hall–Kier alpha value is -0.0600. The van der Waals surface area contributed by atoms with Crippen LogP contribution in [0.2, 0.25) is 0 Å². The number of hydrogen-bond donors (Lipinski definition) is 1. The topological polar surface area (TPSA) is 35.2 Å². The van der Waals surface area contributed by atoms with E-state index in [0.717, 1.165) is 16.0 Å². The van der Waals surface area contributed by atoms with Gasteiger partial charge in [-0.05, 0) is 46.8 Å². The number of aryl methyl sites for hydroxylation is 1. The van der Waals surface area contributed by atoms with Gasteiger partial charge in [0, 0.05) is 0 Å². The van der Waals surface area contributed by atoms with Crippen molar-refractivity contribution in [1.82, 2.24) is 0 Å². The quantitative estimate of drug-likeness (QED) is 0.833. The van der Waals surface area contributed by atoms with E-state index in [-0.39, 0.29) is 0 Å². The maximum atomic E-state index is 5.49. The second kappa shape index (κ2) is 4.84. The summed E-state index contributed by atoms with van der Waals surface area (Å²) < 4.78 is 6.56. The number of thiophene rings is 1. The first-order valence-electron chi connectivity index (χ1n) is 3.82. The molecule has 1 heterocycles. The van der Waals surface area contributed by atoms with Crippen LogP contribution in [-0.4, -0.2) is 13.2 Å². The Kier molecular flexibility index (Phi) is 4.05. The molecule has 0 saturated heterocycles. The molecule has 4 heteroatoms. The third-order valence-electron chi connectivity index (χ3n) is 1.45. The van der Waals surface area contributed by atoms with Crippen molar-refractivity contribution in [1.29, 1.82) is 0 Å². The minimum Gasteiger partial charge on any atom is -0.483 e. The minimum atomic E-state index is 0.683. The fourth-order valence-corrected chi connectivity index (χ4v) is 2.23. The lowest BCUT2D eigenvalue weighted by Gasteiger charge is -2.02. The fraction of sp³-hybridized carbons (Fsp3) is 0.500. The summed E-state index contributed by atoms with van der Waals surface area (Å²) in [6.07, 6.45) is 0.906. The van der Waals surface area contributed by atoms with Crippen LogP contribution in [0.4, 0.5) is 0 Å². The second-order valence-corrected chi connectivity index (χ2v) is 4.15. The molecule has 2 nitrogen and oxygen atoms in total. The summed E-state index contributed by atoms with van der Waals surface area (Å²) >= 11 is 5.07. The molecule has 0 atom stereocenters. The molecule has 0 radical (unpaired) electrons. The average molecular weight is 250 g/mol. The highest BCUT2D eigenvalue weighted by atomic mass is 79.9. The molecule has 0 bridgehead atoms. The van der Waals surface area contributed by atoms with Crippen molar-refractivity contribution in [2.24, 2.45) is 5.73 Å². The van der Waals surface area contributed by atoms with E-state index in [1.807, 2.05) is 0 Å². The molecule has 2 N–H and O–H groups in total. The molecule has 0 aliphatic heterocycles. The third kappa shape index (κ3) is 2.47. The molecule has 0 aliphatic rings. The Morgan fingerprint density at radius 1 is 1.67 bits per heavy atom. The first kappa shape index (κ1) is 10.0. The summed E-state index contributed by atoms with van der Waals surface area (Å²) in [5.41, 5.74) is 6.57. The van der Waals surface area contributed by atoms with Crippen LogP contribution in [-0.2, 0) is 0 Å². The zero-order chi connectivity index (χ0) is 8.97. The van der Waals surface area contributed by atoms with Crippen molar-refractivity contribution in [3.05, 3.63) is 15.4 Å². The van der Waals surface area contributed by atoms with E-state index in [9.17, 15) is 0 Å². The van der Waals surface area contributed by atoms with Gasteiger partial charge < -0.3 is 10.5 Å².